The molecule has 0 saturated heterocycles. The Hall–Kier alpha value is -1.69. The van der Waals surface area contributed by atoms with Crippen molar-refractivity contribution in [3.63, 3.8) is 0 Å². The van der Waals surface area contributed by atoms with E-state index in [2.05, 4.69) is 21.2 Å². The molecule has 1 aromatic carbocycles. The fourth-order valence-corrected chi connectivity index (χ4v) is 2.69. The van der Waals surface area contributed by atoms with Gasteiger partial charge < -0.3 is 15.0 Å². The molecule has 1 aromatic rings. The van der Waals surface area contributed by atoms with Crippen LogP contribution in [0.2, 0.25) is 0 Å². The predicted octanol–water partition coefficient (Wildman–Crippen LogP) is 1.50. The van der Waals surface area contributed by atoms with Crippen LogP contribution in [-0.2, 0) is 16.1 Å². The number of amides is 2. The zero-order chi connectivity index (χ0) is 14.7. The summed E-state index contributed by atoms with van der Waals surface area (Å²) >= 11 is 3.37. The molecule has 1 atom stereocenters. The monoisotopic (exact) mass is 338 g/mol. The van der Waals surface area contributed by atoms with Crippen LogP contribution >= 0.6 is 15.9 Å². The molecule has 0 aromatic heterocycles. The van der Waals surface area contributed by atoms with Gasteiger partial charge in [-0.15, -0.1) is 0 Å². The molecular weight excluding hydrogens is 324 g/mol. The first-order valence-electron chi connectivity index (χ1n) is 6.32. The van der Waals surface area contributed by atoms with Crippen molar-refractivity contribution in [1.82, 2.24) is 10.2 Å². The zero-order valence-electron chi connectivity index (χ0n) is 11.1. The van der Waals surface area contributed by atoms with E-state index in [1.54, 1.807) is 19.2 Å². The maximum atomic E-state index is 12.3. The van der Waals surface area contributed by atoms with Crippen molar-refractivity contribution in [2.45, 2.75) is 25.4 Å². The van der Waals surface area contributed by atoms with Crippen LogP contribution < -0.4 is 5.32 Å². The highest BCUT2D eigenvalue weighted by Gasteiger charge is 2.32. The van der Waals surface area contributed by atoms with Crippen LogP contribution in [0.1, 0.15) is 28.8 Å². The molecule has 2 rings (SSSR count). The summed E-state index contributed by atoms with van der Waals surface area (Å²) in [5, 5.41) is 2.51. The van der Waals surface area contributed by atoms with Crippen molar-refractivity contribution in [1.29, 1.82) is 0 Å². The van der Waals surface area contributed by atoms with Crippen LogP contribution in [-0.4, -0.2) is 36.1 Å². The number of aldehydes is 1. The van der Waals surface area contributed by atoms with Gasteiger partial charge in [-0.3, -0.25) is 9.59 Å². The lowest BCUT2D eigenvalue weighted by Crippen LogP contribution is -2.37. The first kappa shape index (κ1) is 14.7. The number of carbonyl (C=O) groups excluding carboxylic acids is 3. The van der Waals surface area contributed by atoms with Gasteiger partial charge in [-0.25, -0.2) is 0 Å². The molecule has 0 aliphatic carbocycles. The summed E-state index contributed by atoms with van der Waals surface area (Å²) in [4.78, 5) is 36.3. The quantitative estimate of drug-likeness (QED) is 0.827. The number of nitrogens with one attached hydrogen (secondary N) is 1. The summed E-state index contributed by atoms with van der Waals surface area (Å²) in [5.74, 6) is -0.287. The average Bonchev–Trinajstić information content (AvgIpc) is 2.76. The van der Waals surface area contributed by atoms with Crippen molar-refractivity contribution in [2.24, 2.45) is 0 Å². The minimum absolute atomic E-state index is 0.135. The number of nitrogens with zero attached hydrogens (tertiary/aromatic N) is 1. The molecule has 106 valence electrons. The number of hydrogen-bond acceptors (Lipinski definition) is 3. The largest absolute Gasteiger partial charge is 0.359 e. The highest BCUT2D eigenvalue weighted by Crippen LogP contribution is 2.28. The zero-order valence-corrected chi connectivity index (χ0v) is 12.6. The summed E-state index contributed by atoms with van der Waals surface area (Å²) < 4.78 is 0.902. The molecule has 1 N–H and O–H groups in total. The maximum Gasteiger partial charge on any atom is 0.255 e. The van der Waals surface area contributed by atoms with Crippen LogP contribution in [0.3, 0.4) is 0 Å². The minimum Gasteiger partial charge on any atom is -0.359 e. The minimum atomic E-state index is -0.564. The standard InChI is InChI=1S/C14H15BrN2O3/c1-16-13(19)5-3-11(8-18)17-7-9-6-10(15)2-4-12(9)14(17)20/h2,4,6,8,11H,3,5,7H2,1H3,(H,16,19). The molecule has 1 unspecified atom stereocenters. The van der Waals surface area contributed by atoms with Crippen molar-refractivity contribution < 1.29 is 14.4 Å². The Morgan fingerprint density at radius 3 is 2.95 bits per heavy atom. The van der Waals surface area contributed by atoms with Crippen molar-refractivity contribution >= 4 is 34.0 Å². The lowest BCUT2D eigenvalue weighted by molar-refractivity contribution is -0.121. The van der Waals surface area contributed by atoms with E-state index in [4.69, 9.17) is 0 Å². The topological polar surface area (TPSA) is 66.5 Å². The third kappa shape index (κ3) is 2.90. The fraction of sp³-hybridized carbons (Fsp3) is 0.357. The number of halogens is 1. The van der Waals surface area contributed by atoms with Gasteiger partial charge in [0.2, 0.25) is 5.91 Å². The lowest BCUT2D eigenvalue weighted by atomic mass is 10.1. The molecule has 0 fully saturated rings. The second kappa shape index (κ2) is 6.17. The van der Waals surface area contributed by atoms with Gasteiger partial charge in [0, 0.05) is 30.0 Å². The summed E-state index contributed by atoms with van der Waals surface area (Å²) in [6, 6.07) is 4.88. The van der Waals surface area contributed by atoms with Crippen LogP contribution in [0.5, 0.6) is 0 Å². The molecule has 0 radical (unpaired) electrons. The maximum absolute atomic E-state index is 12.3. The molecular formula is C14H15BrN2O3. The number of benzene rings is 1. The van der Waals surface area contributed by atoms with Crippen LogP contribution in [0.25, 0.3) is 0 Å². The van der Waals surface area contributed by atoms with E-state index in [-0.39, 0.29) is 18.2 Å². The molecule has 1 heterocycles. The third-order valence-electron chi connectivity index (χ3n) is 3.40. The Kier molecular flexibility index (Phi) is 4.54. The summed E-state index contributed by atoms with van der Waals surface area (Å²) in [7, 11) is 1.55. The molecule has 5 nitrogen and oxygen atoms in total. The van der Waals surface area contributed by atoms with Crippen LogP contribution in [0.15, 0.2) is 22.7 Å². The number of hydrogen-bond donors (Lipinski definition) is 1. The fourth-order valence-electron chi connectivity index (χ4n) is 2.28. The summed E-state index contributed by atoms with van der Waals surface area (Å²) in [6.07, 6.45) is 1.30. The van der Waals surface area contributed by atoms with Crippen molar-refractivity contribution in [2.75, 3.05) is 7.05 Å². The Balaban J connectivity index is 2.12. The van der Waals surface area contributed by atoms with E-state index in [1.165, 1.54) is 4.90 Å². The highest BCUT2D eigenvalue weighted by atomic mass is 79.9. The second-order valence-corrected chi connectivity index (χ2v) is 5.57. The van der Waals surface area contributed by atoms with E-state index in [1.807, 2.05) is 6.07 Å². The number of fused-ring (bicyclic) bond motifs is 1. The average molecular weight is 339 g/mol. The predicted molar refractivity (Wildman–Crippen MR) is 77.2 cm³/mol. The highest BCUT2D eigenvalue weighted by molar-refractivity contribution is 9.10. The van der Waals surface area contributed by atoms with Gasteiger partial charge in [0.1, 0.15) is 6.29 Å². The van der Waals surface area contributed by atoms with Gasteiger partial charge >= 0.3 is 0 Å². The van der Waals surface area contributed by atoms with Gasteiger partial charge in [-0.1, -0.05) is 15.9 Å². The third-order valence-corrected chi connectivity index (χ3v) is 3.90. The van der Waals surface area contributed by atoms with E-state index in [0.29, 0.717) is 18.5 Å². The van der Waals surface area contributed by atoms with Crippen LogP contribution in [0.4, 0.5) is 0 Å². The molecule has 1 aliphatic heterocycles. The smallest absolute Gasteiger partial charge is 0.255 e. The Morgan fingerprint density at radius 1 is 1.55 bits per heavy atom. The molecule has 1 aliphatic rings. The Morgan fingerprint density at radius 2 is 2.30 bits per heavy atom. The van der Waals surface area contributed by atoms with E-state index >= 15 is 0 Å². The Bertz CT molecular complexity index is 559. The molecule has 0 spiro atoms. The molecule has 2 amide bonds. The summed E-state index contributed by atoms with van der Waals surface area (Å²) in [6.45, 7) is 0.407. The van der Waals surface area contributed by atoms with E-state index in [9.17, 15) is 14.4 Å². The molecule has 0 bridgehead atoms. The van der Waals surface area contributed by atoms with E-state index < -0.39 is 6.04 Å². The van der Waals surface area contributed by atoms with E-state index in [0.717, 1.165) is 16.3 Å². The van der Waals surface area contributed by atoms with Gasteiger partial charge in [0.05, 0.1) is 6.04 Å². The first-order valence-corrected chi connectivity index (χ1v) is 7.11. The van der Waals surface area contributed by atoms with Gasteiger partial charge in [-0.05, 0) is 30.2 Å². The normalized spacial score (nSPS) is 14.9. The molecule has 6 heteroatoms. The lowest BCUT2D eigenvalue weighted by Gasteiger charge is -2.22. The number of carbonyl (C=O) groups is 3. The second-order valence-electron chi connectivity index (χ2n) is 4.65. The van der Waals surface area contributed by atoms with Crippen molar-refractivity contribution in [3.8, 4) is 0 Å². The molecule has 20 heavy (non-hydrogen) atoms. The van der Waals surface area contributed by atoms with Crippen LogP contribution in [0, 0.1) is 0 Å². The van der Waals surface area contributed by atoms with Crippen molar-refractivity contribution in [3.05, 3.63) is 33.8 Å². The SMILES string of the molecule is CNC(=O)CCC(C=O)N1Cc2cc(Br)ccc2C1=O. The summed E-state index contributed by atoms with van der Waals surface area (Å²) in [5.41, 5.74) is 1.52. The number of rotatable bonds is 5. The van der Waals surface area contributed by atoms with Gasteiger partial charge in [-0.2, -0.15) is 0 Å². The Labute approximate surface area is 125 Å². The first-order chi connectivity index (χ1) is 9.56. The van der Waals surface area contributed by atoms with Gasteiger partial charge in [0.25, 0.3) is 5.91 Å². The molecule has 0 saturated carbocycles. The van der Waals surface area contributed by atoms with Gasteiger partial charge in [0.15, 0.2) is 0 Å².